The highest BCUT2D eigenvalue weighted by Crippen LogP contribution is 2.18. The molecule has 0 unspecified atom stereocenters. The molecule has 4 rings (SSSR count). The molecule has 0 radical (unpaired) electrons. The van der Waals surface area contributed by atoms with Crippen molar-refractivity contribution in [2.75, 3.05) is 6.61 Å². The molecule has 0 bridgehead atoms. The lowest BCUT2D eigenvalue weighted by atomic mass is 10.1. The van der Waals surface area contributed by atoms with Gasteiger partial charge in [-0.1, -0.05) is 30.3 Å². The van der Waals surface area contributed by atoms with E-state index in [1.807, 2.05) is 38.1 Å². The van der Waals surface area contributed by atoms with Crippen LogP contribution in [0, 0.1) is 20.8 Å². The van der Waals surface area contributed by atoms with Crippen LogP contribution >= 0.6 is 0 Å². The average molecular weight is 416 g/mol. The van der Waals surface area contributed by atoms with Gasteiger partial charge in [-0.2, -0.15) is 5.10 Å². The lowest BCUT2D eigenvalue weighted by Gasteiger charge is -2.10. The Balaban J connectivity index is 1.45. The van der Waals surface area contributed by atoms with E-state index < -0.39 is 5.97 Å². The molecule has 0 aliphatic rings. The van der Waals surface area contributed by atoms with Crippen molar-refractivity contribution in [1.82, 2.24) is 19.2 Å². The van der Waals surface area contributed by atoms with E-state index in [0.717, 1.165) is 24.4 Å². The van der Waals surface area contributed by atoms with E-state index in [-0.39, 0.29) is 18.0 Å². The van der Waals surface area contributed by atoms with E-state index in [2.05, 4.69) is 26.8 Å². The van der Waals surface area contributed by atoms with E-state index >= 15 is 0 Å². The third-order valence-electron chi connectivity index (χ3n) is 5.45. The number of carbonyl (C=O) groups is 2. The van der Waals surface area contributed by atoms with Gasteiger partial charge in [-0.25, -0.2) is 14.3 Å². The summed E-state index contributed by atoms with van der Waals surface area (Å²) < 4.78 is 8.98. The number of hydrogen-bond donors (Lipinski definition) is 0. The Morgan fingerprint density at radius 3 is 2.61 bits per heavy atom. The van der Waals surface area contributed by atoms with E-state index in [1.54, 1.807) is 25.4 Å². The van der Waals surface area contributed by atoms with Crippen LogP contribution in [-0.4, -0.2) is 37.5 Å². The highest BCUT2D eigenvalue weighted by molar-refractivity contribution is 6.02. The number of ether oxygens (including phenoxy) is 1. The Morgan fingerprint density at radius 1 is 1.06 bits per heavy atom. The molecule has 0 aliphatic carbocycles. The average Bonchev–Trinajstić information content (AvgIpc) is 3.26. The molecule has 3 aromatic heterocycles. The van der Waals surface area contributed by atoms with Crippen LogP contribution in [0.25, 0.3) is 5.65 Å². The first-order valence-electron chi connectivity index (χ1n) is 10.2. The van der Waals surface area contributed by atoms with Crippen molar-refractivity contribution in [3.8, 4) is 0 Å². The van der Waals surface area contributed by atoms with Gasteiger partial charge in [0.2, 0.25) is 5.78 Å². The van der Waals surface area contributed by atoms with Crippen LogP contribution in [-0.2, 0) is 17.7 Å². The fourth-order valence-corrected chi connectivity index (χ4v) is 3.83. The zero-order valence-electron chi connectivity index (χ0n) is 17.8. The normalized spacial score (nSPS) is 11.1. The first kappa shape index (κ1) is 20.5. The van der Waals surface area contributed by atoms with Crippen LogP contribution in [0.2, 0.25) is 0 Å². The van der Waals surface area contributed by atoms with Crippen molar-refractivity contribution < 1.29 is 14.3 Å². The minimum absolute atomic E-state index is 0.227. The number of rotatable bonds is 7. The number of hydrogen-bond acceptors (Lipinski definition) is 5. The molecule has 0 saturated heterocycles. The van der Waals surface area contributed by atoms with Crippen LogP contribution in [0.5, 0.6) is 0 Å². The topological polar surface area (TPSA) is 78.5 Å². The summed E-state index contributed by atoms with van der Waals surface area (Å²) in [6.07, 6.45) is 4.17. The molecule has 0 N–H and O–H groups in total. The number of benzene rings is 1. The van der Waals surface area contributed by atoms with Crippen molar-refractivity contribution in [1.29, 1.82) is 0 Å². The zero-order chi connectivity index (χ0) is 22.0. The van der Waals surface area contributed by atoms with Gasteiger partial charge in [-0.05, 0) is 44.9 Å². The Hall–Kier alpha value is -3.74. The summed E-state index contributed by atoms with van der Waals surface area (Å²) in [4.78, 5) is 29.6. The molecule has 3 heterocycles. The number of ketones is 1. The number of fused-ring (bicyclic) bond motifs is 1. The molecule has 0 atom stereocenters. The largest absolute Gasteiger partial charge is 0.454 e. The first-order chi connectivity index (χ1) is 15.0. The molecule has 0 saturated carbocycles. The standard InChI is InChI=1S/C24H24N4O3/c1-16-14-20(18(3)27(16)13-10-19-8-5-4-6-9-19)21(29)15-31-24(30)22-17(2)26-28-12-7-11-25-23(22)28/h4-9,11-12,14H,10,13,15H2,1-3H3. The maximum atomic E-state index is 12.8. The van der Waals surface area contributed by atoms with E-state index in [9.17, 15) is 9.59 Å². The van der Waals surface area contributed by atoms with Gasteiger partial charge in [-0.3, -0.25) is 4.79 Å². The van der Waals surface area contributed by atoms with Gasteiger partial charge < -0.3 is 9.30 Å². The SMILES string of the molecule is Cc1nn2cccnc2c1C(=O)OCC(=O)c1cc(C)n(CCc2ccccc2)c1C. The molecule has 7 heteroatoms. The summed E-state index contributed by atoms with van der Waals surface area (Å²) in [6, 6.07) is 13.8. The Labute approximate surface area is 180 Å². The summed E-state index contributed by atoms with van der Waals surface area (Å²) in [5.41, 5.74) is 4.91. The second kappa shape index (κ2) is 8.55. The van der Waals surface area contributed by atoms with E-state index in [1.165, 1.54) is 10.1 Å². The first-order valence-corrected chi connectivity index (χ1v) is 10.2. The summed E-state index contributed by atoms with van der Waals surface area (Å²) in [5.74, 6) is -0.827. The van der Waals surface area contributed by atoms with Gasteiger partial charge in [-0.15, -0.1) is 0 Å². The second-order valence-electron chi connectivity index (χ2n) is 7.52. The fourth-order valence-electron chi connectivity index (χ4n) is 3.83. The summed E-state index contributed by atoms with van der Waals surface area (Å²) in [5, 5.41) is 4.26. The van der Waals surface area contributed by atoms with Gasteiger partial charge in [0.1, 0.15) is 5.56 Å². The Kier molecular flexibility index (Phi) is 5.66. The minimum Gasteiger partial charge on any atom is -0.454 e. The highest BCUT2D eigenvalue weighted by atomic mass is 16.5. The molecule has 158 valence electrons. The van der Waals surface area contributed by atoms with Gasteiger partial charge in [0.15, 0.2) is 12.3 Å². The smallest absolute Gasteiger partial charge is 0.344 e. The molecule has 4 aromatic rings. The number of aromatic nitrogens is 4. The molecule has 0 fully saturated rings. The second-order valence-corrected chi connectivity index (χ2v) is 7.52. The number of esters is 1. The van der Waals surface area contributed by atoms with Crippen molar-refractivity contribution in [2.45, 2.75) is 33.7 Å². The number of carbonyl (C=O) groups excluding carboxylic acids is 2. The van der Waals surface area contributed by atoms with Crippen molar-refractivity contribution in [3.63, 3.8) is 0 Å². The van der Waals surface area contributed by atoms with Crippen molar-refractivity contribution >= 4 is 17.4 Å². The minimum atomic E-state index is -0.600. The Morgan fingerprint density at radius 2 is 1.84 bits per heavy atom. The van der Waals surface area contributed by atoms with Gasteiger partial charge in [0, 0.05) is 35.9 Å². The lowest BCUT2D eigenvalue weighted by molar-refractivity contribution is 0.0475. The number of aryl methyl sites for hydroxylation is 3. The number of nitrogens with zero attached hydrogens (tertiary/aromatic N) is 4. The van der Waals surface area contributed by atoms with Crippen molar-refractivity contribution in [3.05, 3.63) is 88.6 Å². The van der Waals surface area contributed by atoms with Gasteiger partial charge in [0.25, 0.3) is 0 Å². The molecule has 7 nitrogen and oxygen atoms in total. The molecule has 1 aromatic carbocycles. The lowest BCUT2D eigenvalue weighted by Crippen LogP contribution is -2.16. The molecule has 0 aliphatic heterocycles. The van der Waals surface area contributed by atoms with E-state index in [0.29, 0.717) is 16.9 Å². The molecular weight excluding hydrogens is 392 g/mol. The monoisotopic (exact) mass is 416 g/mol. The molecular formula is C24H24N4O3. The van der Waals surface area contributed by atoms with Gasteiger partial charge in [0.05, 0.1) is 5.69 Å². The molecule has 0 spiro atoms. The van der Waals surface area contributed by atoms with Crippen molar-refractivity contribution in [2.24, 2.45) is 0 Å². The zero-order valence-corrected chi connectivity index (χ0v) is 17.8. The maximum absolute atomic E-state index is 12.8. The van der Waals surface area contributed by atoms with Crippen LogP contribution < -0.4 is 0 Å². The predicted molar refractivity (Wildman–Crippen MR) is 116 cm³/mol. The molecule has 0 amide bonds. The summed E-state index contributed by atoms with van der Waals surface area (Å²) >= 11 is 0. The molecule has 31 heavy (non-hydrogen) atoms. The van der Waals surface area contributed by atoms with E-state index in [4.69, 9.17) is 4.74 Å². The highest BCUT2D eigenvalue weighted by Gasteiger charge is 2.22. The fraction of sp³-hybridized carbons (Fsp3) is 0.250. The maximum Gasteiger partial charge on any atom is 0.344 e. The van der Waals surface area contributed by atoms with Crippen LogP contribution in [0.15, 0.2) is 54.9 Å². The van der Waals surface area contributed by atoms with Crippen LogP contribution in [0.1, 0.15) is 43.4 Å². The third kappa shape index (κ3) is 4.12. The predicted octanol–water partition coefficient (Wildman–Crippen LogP) is 3.74. The van der Waals surface area contributed by atoms with Crippen LogP contribution in [0.4, 0.5) is 0 Å². The summed E-state index contributed by atoms with van der Waals surface area (Å²) in [7, 11) is 0. The number of Topliss-reactive ketones (excluding diaryl/α,β-unsaturated/α-hetero) is 1. The summed E-state index contributed by atoms with van der Waals surface area (Å²) in [6.45, 7) is 6.07. The quantitative estimate of drug-likeness (QED) is 0.339. The van der Waals surface area contributed by atoms with Gasteiger partial charge >= 0.3 is 5.97 Å². The van der Waals surface area contributed by atoms with Crippen LogP contribution in [0.3, 0.4) is 0 Å². The third-order valence-corrected chi connectivity index (χ3v) is 5.45. The Bertz CT molecular complexity index is 1250.